The molecule has 0 spiro atoms. The Hall–Kier alpha value is -1.68. The number of nitrogens with zero attached hydrogens (tertiary/aromatic N) is 2. The first-order chi connectivity index (χ1) is 13.9. The molecule has 0 N–H and O–H groups in total. The molecular formula is C20H21BrN2O4S2. The van der Waals surface area contributed by atoms with E-state index in [9.17, 15) is 8.42 Å². The van der Waals surface area contributed by atoms with Gasteiger partial charge in [0.1, 0.15) is 4.90 Å². The lowest BCUT2D eigenvalue weighted by molar-refractivity contribution is 0.314. The first kappa shape index (κ1) is 20.6. The number of piperidine rings is 1. The van der Waals surface area contributed by atoms with Crippen molar-refractivity contribution >= 4 is 47.5 Å². The lowest BCUT2D eigenvalue weighted by Gasteiger charge is -2.31. The Bertz CT molecular complexity index is 1110. The van der Waals surface area contributed by atoms with Gasteiger partial charge in [-0.15, -0.1) is 11.3 Å². The summed E-state index contributed by atoms with van der Waals surface area (Å²) >= 11 is 5.03. The molecule has 6 nitrogen and oxygen atoms in total. The van der Waals surface area contributed by atoms with Crippen LogP contribution in [0.25, 0.3) is 10.2 Å². The molecule has 1 saturated heterocycles. The van der Waals surface area contributed by atoms with Crippen LogP contribution < -0.4 is 9.47 Å². The maximum absolute atomic E-state index is 13.4. The quantitative estimate of drug-likeness (QED) is 0.514. The van der Waals surface area contributed by atoms with Crippen LogP contribution in [0.15, 0.2) is 45.8 Å². The standard InChI is InChI=1S/C20H21BrN2O4S2/c1-26-16-10-14(21)19(11-17(16)27-2)29(24,25)23-9-5-6-13(12-23)20-22-15-7-3-4-8-18(15)28-20/h3-4,7-8,10-11,13H,5-6,9,12H2,1-2H3. The number of rotatable bonds is 5. The van der Waals surface area contributed by atoms with Gasteiger partial charge >= 0.3 is 0 Å². The molecule has 0 saturated carbocycles. The number of thiazole rings is 1. The predicted molar refractivity (Wildman–Crippen MR) is 118 cm³/mol. The van der Waals surface area contributed by atoms with Crippen molar-refractivity contribution in [1.29, 1.82) is 0 Å². The van der Waals surface area contributed by atoms with Crippen molar-refractivity contribution < 1.29 is 17.9 Å². The molecule has 4 rings (SSSR count). The molecule has 0 amide bonds. The average molecular weight is 497 g/mol. The minimum absolute atomic E-state index is 0.0924. The first-order valence-corrected chi connectivity index (χ1v) is 12.3. The number of halogens is 1. The predicted octanol–water partition coefficient (Wildman–Crippen LogP) is 4.64. The van der Waals surface area contributed by atoms with E-state index in [1.165, 1.54) is 20.3 Å². The Kier molecular flexibility index (Phi) is 5.83. The highest BCUT2D eigenvalue weighted by Crippen LogP contribution is 2.39. The van der Waals surface area contributed by atoms with Gasteiger partial charge in [-0.25, -0.2) is 13.4 Å². The minimum atomic E-state index is -3.69. The smallest absolute Gasteiger partial charge is 0.244 e. The largest absolute Gasteiger partial charge is 0.493 e. The van der Waals surface area contributed by atoms with Gasteiger partial charge in [0, 0.05) is 29.5 Å². The second-order valence-electron chi connectivity index (χ2n) is 6.86. The molecule has 1 aliphatic rings. The van der Waals surface area contributed by atoms with E-state index in [0.29, 0.717) is 29.1 Å². The minimum Gasteiger partial charge on any atom is -0.493 e. The molecule has 2 aromatic carbocycles. The summed E-state index contributed by atoms with van der Waals surface area (Å²) in [6.45, 7) is 0.910. The topological polar surface area (TPSA) is 68.7 Å². The molecule has 2 heterocycles. The van der Waals surface area contributed by atoms with Crippen LogP contribution in [0.3, 0.4) is 0 Å². The van der Waals surface area contributed by atoms with E-state index in [1.807, 2.05) is 18.2 Å². The normalized spacial score (nSPS) is 18.1. The molecule has 1 aromatic heterocycles. The van der Waals surface area contributed by atoms with Crippen LogP contribution in [-0.2, 0) is 10.0 Å². The van der Waals surface area contributed by atoms with Crippen LogP contribution in [0, 0.1) is 0 Å². The molecule has 1 atom stereocenters. The fourth-order valence-electron chi connectivity index (χ4n) is 3.60. The van der Waals surface area contributed by atoms with Crippen LogP contribution in [0.5, 0.6) is 11.5 Å². The first-order valence-electron chi connectivity index (χ1n) is 9.21. The molecule has 9 heteroatoms. The third-order valence-corrected chi connectivity index (χ3v) is 9.12. The van der Waals surface area contributed by atoms with Crippen LogP contribution in [-0.4, -0.2) is 45.0 Å². The Morgan fingerprint density at radius 3 is 2.62 bits per heavy atom. The highest BCUT2D eigenvalue weighted by atomic mass is 79.9. The zero-order valence-corrected chi connectivity index (χ0v) is 19.3. The number of ether oxygens (including phenoxy) is 2. The van der Waals surface area contributed by atoms with E-state index in [4.69, 9.17) is 14.5 Å². The van der Waals surface area contributed by atoms with Crippen molar-refractivity contribution in [1.82, 2.24) is 9.29 Å². The molecule has 1 unspecified atom stereocenters. The SMILES string of the molecule is COc1cc(Br)c(S(=O)(=O)N2CCCC(c3nc4ccccc4s3)C2)cc1OC. The number of fused-ring (bicyclic) bond motifs is 1. The summed E-state index contributed by atoms with van der Waals surface area (Å²) in [5.74, 6) is 0.952. The van der Waals surface area contributed by atoms with Gasteiger partial charge in [-0.1, -0.05) is 12.1 Å². The van der Waals surface area contributed by atoms with Crippen LogP contribution in [0.1, 0.15) is 23.8 Å². The van der Waals surface area contributed by atoms with Gasteiger partial charge < -0.3 is 9.47 Å². The van der Waals surface area contributed by atoms with Crippen LogP contribution >= 0.6 is 27.3 Å². The lowest BCUT2D eigenvalue weighted by atomic mass is 10.0. The van der Waals surface area contributed by atoms with Crippen LogP contribution in [0.4, 0.5) is 0 Å². The summed E-state index contributed by atoms with van der Waals surface area (Å²) in [5.41, 5.74) is 0.968. The van der Waals surface area contributed by atoms with E-state index in [-0.39, 0.29) is 10.8 Å². The van der Waals surface area contributed by atoms with Gasteiger partial charge in [-0.3, -0.25) is 0 Å². The lowest BCUT2D eigenvalue weighted by Crippen LogP contribution is -2.39. The van der Waals surface area contributed by atoms with Gasteiger partial charge in [0.05, 0.1) is 29.4 Å². The number of hydrogen-bond acceptors (Lipinski definition) is 6. The van der Waals surface area contributed by atoms with Gasteiger partial charge in [0.25, 0.3) is 0 Å². The van der Waals surface area contributed by atoms with E-state index >= 15 is 0 Å². The van der Waals surface area contributed by atoms with Crippen molar-refractivity contribution in [3.05, 3.63) is 45.9 Å². The molecule has 1 aliphatic heterocycles. The monoisotopic (exact) mass is 496 g/mol. The van der Waals surface area contributed by atoms with Gasteiger partial charge in [0.2, 0.25) is 10.0 Å². The number of methoxy groups -OCH3 is 2. The molecule has 3 aromatic rings. The maximum atomic E-state index is 13.4. The molecule has 0 bridgehead atoms. The summed E-state index contributed by atoms with van der Waals surface area (Å²) in [7, 11) is -0.682. The van der Waals surface area contributed by atoms with Crippen molar-refractivity contribution in [2.75, 3.05) is 27.3 Å². The zero-order chi connectivity index (χ0) is 20.6. The van der Waals surface area contributed by atoms with E-state index < -0.39 is 10.0 Å². The van der Waals surface area contributed by atoms with E-state index in [0.717, 1.165) is 28.1 Å². The molecule has 0 radical (unpaired) electrons. The van der Waals surface area contributed by atoms with Gasteiger partial charge in [-0.05, 0) is 47.0 Å². The molecular weight excluding hydrogens is 476 g/mol. The number of hydrogen-bond donors (Lipinski definition) is 0. The fourth-order valence-corrected chi connectivity index (χ4v) is 7.21. The summed E-state index contributed by atoms with van der Waals surface area (Å²) in [5, 5.41) is 0.998. The highest BCUT2D eigenvalue weighted by Gasteiger charge is 2.34. The summed E-state index contributed by atoms with van der Waals surface area (Å²) in [6, 6.07) is 11.1. The number of aromatic nitrogens is 1. The van der Waals surface area contributed by atoms with Crippen molar-refractivity contribution in [3.63, 3.8) is 0 Å². The third kappa shape index (κ3) is 3.88. The zero-order valence-electron chi connectivity index (χ0n) is 16.1. The van der Waals surface area contributed by atoms with E-state index in [2.05, 4.69) is 22.0 Å². The second kappa shape index (κ2) is 8.22. The molecule has 1 fully saturated rings. The summed E-state index contributed by atoms with van der Waals surface area (Å²) in [6.07, 6.45) is 1.73. The maximum Gasteiger partial charge on any atom is 0.244 e. The molecule has 29 heavy (non-hydrogen) atoms. The molecule has 0 aliphatic carbocycles. The van der Waals surface area contributed by atoms with Crippen molar-refractivity contribution in [3.8, 4) is 11.5 Å². The third-order valence-electron chi connectivity index (χ3n) is 5.10. The van der Waals surface area contributed by atoms with Crippen LogP contribution in [0.2, 0.25) is 0 Å². The fraction of sp³-hybridized carbons (Fsp3) is 0.350. The second-order valence-corrected chi connectivity index (χ2v) is 10.7. The Balaban J connectivity index is 1.65. The Morgan fingerprint density at radius 1 is 1.17 bits per heavy atom. The molecule has 154 valence electrons. The van der Waals surface area contributed by atoms with E-state index in [1.54, 1.807) is 21.7 Å². The van der Waals surface area contributed by atoms with Gasteiger partial charge in [-0.2, -0.15) is 4.31 Å². The Labute approximate surface area is 182 Å². The van der Waals surface area contributed by atoms with Crippen molar-refractivity contribution in [2.24, 2.45) is 0 Å². The van der Waals surface area contributed by atoms with Crippen molar-refractivity contribution in [2.45, 2.75) is 23.7 Å². The number of para-hydroxylation sites is 1. The summed E-state index contributed by atoms with van der Waals surface area (Å²) < 4.78 is 40.5. The number of sulfonamides is 1. The number of benzene rings is 2. The average Bonchev–Trinajstić information content (AvgIpc) is 3.17. The summed E-state index contributed by atoms with van der Waals surface area (Å²) in [4.78, 5) is 4.93. The highest BCUT2D eigenvalue weighted by molar-refractivity contribution is 9.10. The Morgan fingerprint density at radius 2 is 1.90 bits per heavy atom. The van der Waals surface area contributed by atoms with Gasteiger partial charge in [0.15, 0.2) is 11.5 Å².